The molecule has 1 aromatic carbocycles. The van der Waals surface area contributed by atoms with Crippen LogP contribution in [-0.4, -0.2) is 47.7 Å². The SMILES string of the molecule is CCOc1ccc(CN(Cc2nc(C(=O)NC[C@@H]3CCCO3)co2)[C@@H](C)CC)cc1. The maximum Gasteiger partial charge on any atom is 0.273 e. The molecule has 0 unspecified atom stereocenters. The molecule has 1 aliphatic rings. The first-order valence-electron chi connectivity index (χ1n) is 10.9. The van der Waals surface area contributed by atoms with Gasteiger partial charge in [0.1, 0.15) is 12.0 Å². The first-order valence-corrected chi connectivity index (χ1v) is 10.9. The molecule has 3 rings (SSSR count). The predicted octanol–water partition coefficient (Wildman–Crippen LogP) is 3.78. The van der Waals surface area contributed by atoms with E-state index in [1.54, 1.807) is 0 Å². The number of amides is 1. The van der Waals surface area contributed by atoms with Crippen LogP contribution in [0.4, 0.5) is 0 Å². The molecule has 2 atom stereocenters. The molecule has 1 amide bonds. The molecule has 1 aliphatic heterocycles. The minimum atomic E-state index is -0.220. The van der Waals surface area contributed by atoms with Gasteiger partial charge in [-0.25, -0.2) is 4.98 Å². The number of hydrogen-bond acceptors (Lipinski definition) is 6. The third-order valence-corrected chi connectivity index (χ3v) is 5.47. The minimum Gasteiger partial charge on any atom is -0.494 e. The molecule has 0 saturated carbocycles. The quantitative estimate of drug-likeness (QED) is 0.602. The Labute approximate surface area is 178 Å². The summed E-state index contributed by atoms with van der Waals surface area (Å²) < 4.78 is 16.7. The van der Waals surface area contributed by atoms with E-state index in [2.05, 4.69) is 41.2 Å². The van der Waals surface area contributed by atoms with Crippen LogP contribution in [0.1, 0.15) is 62.0 Å². The second-order valence-corrected chi connectivity index (χ2v) is 7.71. The van der Waals surface area contributed by atoms with Gasteiger partial charge < -0.3 is 19.2 Å². The topological polar surface area (TPSA) is 76.8 Å². The van der Waals surface area contributed by atoms with Crippen LogP contribution in [0.25, 0.3) is 0 Å². The van der Waals surface area contributed by atoms with Gasteiger partial charge in [-0.15, -0.1) is 0 Å². The number of nitrogens with zero attached hydrogens (tertiary/aromatic N) is 2. The van der Waals surface area contributed by atoms with Gasteiger partial charge in [-0.05, 0) is 50.8 Å². The number of carbonyl (C=O) groups excluding carboxylic acids is 1. The van der Waals surface area contributed by atoms with Crippen molar-refractivity contribution in [1.82, 2.24) is 15.2 Å². The number of rotatable bonds is 11. The highest BCUT2D eigenvalue weighted by atomic mass is 16.5. The maximum absolute atomic E-state index is 12.4. The standard InChI is InChI=1S/C23H33N3O4/c1-4-17(3)26(14-18-8-10-19(11-9-18)28-5-2)15-22-25-21(16-30-22)23(27)24-13-20-7-6-12-29-20/h8-11,16-17,20H,4-7,12-15H2,1-3H3,(H,24,27)/t17-,20-/m0/s1. The van der Waals surface area contributed by atoms with Gasteiger partial charge in [-0.2, -0.15) is 0 Å². The van der Waals surface area contributed by atoms with Crippen molar-refractivity contribution in [2.24, 2.45) is 0 Å². The fourth-order valence-electron chi connectivity index (χ4n) is 3.48. The fraction of sp³-hybridized carbons (Fsp3) is 0.565. The third kappa shape index (κ3) is 6.31. The summed E-state index contributed by atoms with van der Waals surface area (Å²) in [4.78, 5) is 19.1. The average Bonchev–Trinajstić information content (AvgIpc) is 3.45. The third-order valence-electron chi connectivity index (χ3n) is 5.47. The van der Waals surface area contributed by atoms with E-state index in [9.17, 15) is 4.79 Å². The zero-order valence-electron chi connectivity index (χ0n) is 18.2. The van der Waals surface area contributed by atoms with E-state index in [-0.39, 0.29) is 12.0 Å². The van der Waals surface area contributed by atoms with Crippen molar-refractivity contribution in [3.8, 4) is 5.75 Å². The van der Waals surface area contributed by atoms with Crippen LogP contribution in [0, 0.1) is 0 Å². The Hall–Kier alpha value is -2.38. The Kier molecular flexibility index (Phi) is 8.28. The van der Waals surface area contributed by atoms with Crippen molar-refractivity contribution in [3.63, 3.8) is 0 Å². The summed E-state index contributed by atoms with van der Waals surface area (Å²) >= 11 is 0. The van der Waals surface area contributed by atoms with Crippen LogP contribution in [-0.2, 0) is 17.8 Å². The van der Waals surface area contributed by atoms with Crippen molar-refractivity contribution < 1.29 is 18.7 Å². The normalized spacial score (nSPS) is 17.3. The monoisotopic (exact) mass is 415 g/mol. The lowest BCUT2D eigenvalue weighted by atomic mass is 10.1. The molecule has 2 aromatic rings. The number of ether oxygens (including phenoxy) is 2. The summed E-state index contributed by atoms with van der Waals surface area (Å²) in [6.45, 7) is 9.58. The highest BCUT2D eigenvalue weighted by molar-refractivity contribution is 5.91. The lowest BCUT2D eigenvalue weighted by Gasteiger charge is -2.27. The summed E-state index contributed by atoms with van der Waals surface area (Å²) in [5.74, 6) is 1.20. The van der Waals surface area contributed by atoms with Crippen molar-refractivity contribution in [2.45, 2.75) is 65.3 Å². The van der Waals surface area contributed by atoms with Gasteiger partial charge in [0.25, 0.3) is 5.91 Å². The van der Waals surface area contributed by atoms with Gasteiger partial charge in [0.05, 0.1) is 19.3 Å². The number of hydrogen-bond donors (Lipinski definition) is 1. The number of aromatic nitrogens is 1. The van der Waals surface area contributed by atoms with E-state index in [4.69, 9.17) is 13.9 Å². The van der Waals surface area contributed by atoms with Crippen molar-refractivity contribution in [2.75, 3.05) is 19.8 Å². The molecule has 0 spiro atoms. The summed E-state index contributed by atoms with van der Waals surface area (Å²) in [5.41, 5.74) is 1.51. The Morgan fingerprint density at radius 3 is 2.77 bits per heavy atom. The van der Waals surface area contributed by atoms with Gasteiger partial charge in [-0.1, -0.05) is 19.1 Å². The number of benzene rings is 1. The second kappa shape index (κ2) is 11.1. The lowest BCUT2D eigenvalue weighted by Crippen LogP contribution is -2.32. The molecule has 1 N–H and O–H groups in total. The Bertz CT molecular complexity index is 784. The lowest BCUT2D eigenvalue weighted by molar-refractivity contribution is 0.0853. The molecule has 30 heavy (non-hydrogen) atoms. The highest BCUT2D eigenvalue weighted by Crippen LogP contribution is 2.18. The molecule has 1 saturated heterocycles. The Morgan fingerprint density at radius 2 is 2.10 bits per heavy atom. The van der Waals surface area contributed by atoms with Gasteiger partial charge >= 0.3 is 0 Å². The largest absolute Gasteiger partial charge is 0.494 e. The fourth-order valence-corrected chi connectivity index (χ4v) is 3.48. The van der Waals surface area contributed by atoms with Crippen molar-refractivity contribution in [1.29, 1.82) is 0 Å². The van der Waals surface area contributed by atoms with E-state index in [0.29, 0.717) is 37.3 Å². The summed E-state index contributed by atoms with van der Waals surface area (Å²) in [6, 6.07) is 8.50. The van der Waals surface area contributed by atoms with E-state index in [1.165, 1.54) is 11.8 Å². The van der Waals surface area contributed by atoms with Gasteiger partial charge in [-0.3, -0.25) is 9.69 Å². The van der Waals surface area contributed by atoms with Crippen molar-refractivity contribution in [3.05, 3.63) is 47.7 Å². The van der Waals surface area contributed by atoms with E-state index >= 15 is 0 Å². The molecular formula is C23H33N3O4. The van der Waals surface area contributed by atoms with Crippen LogP contribution in [0.2, 0.25) is 0 Å². The molecule has 0 aliphatic carbocycles. The van der Waals surface area contributed by atoms with Crippen molar-refractivity contribution >= 4 is 5.91 Å². The first kappa shape index (κ1) is 22.3. The average molecular weight is 416 g/mol. The molecule has 1 fully saturated rings. The van der Waals surface area contributed by atoms with Crippen LogP contribution in [0.5, 0.6) is 5.75 Å². The first-order chi connectivity index (χ1) is 14.6. The van der Waals surface area contributed by atoms with E-state index in [0.717, 1.165) is 38.2 Å². The summed E-state index contributed by atoms with van der Waals surface area (Å²) in [5, 5.41) is 2.88. The van der Waals surface area contributed by atoms with Gasteiger partial charge in [0.15, 0.2) is 5.69 Å². The van der Waals surface area contributed by atoms with Crippen LogP contribution < -0.4 is 10.1 Å². The maximum atomic E-state index is 12.4. The molecule has 0 radical (unpaired) electrons. The molecule has 0 bridgehead atoms. The Balaban J connectivity index is 1.58. The number of nitrogens with one attached hydrogen (secondary N) is 1. The van der Waals surface area contributed by atoms with Crippen LogP contribution in [0.3, 0.4) is 0 Å². The highest BCUT2D eigenvalue weighted by Gasteiger charge is 2.20. The number of oxazole rings is 1. The van der Waals surface area contributed by atoms with E-state index < -0.39 is 0 Å². The van der Waals surface area contributed by atoms with Crippen LogP contribution in [0.15, 0.2) is 34.9 Å². The molecule has 7 heteroatoms. The molecule has 1 aromatic heterocycles. The summed E-state index contributed by atoms with van der Waals surface area (Å²) in [6.07, 6.45) is 4.59. The molecule has 164 valence electrons. The zero-order chi connectivity index (χ0) is 21.3. The van der Waals surface area contributed by atoms with Crippen LogP contribution >= 0.6 is 0 Å². The van der Waals surface area contributed by atoms with E-state index in [1.807, 2.05) is 19.1 Å². The Morgan fingerprint density at radius 1 is 1.30 bits per heavy atom. The summed E-state index contributed by atoms with van der Waals surface area (Å²) in [7, 11) is 0. The smallest absolute Gasteiger partial charge is 0.273 e. The number of carbonyl (C=O) groups is 1. The molecular weight excluding hydrogens is 382 g/mol. The zero-order valence-corrected chi connectivity index (χ0v) is 18.2. The molecule has 2 heterocycles. The van der Waals surface area contributed by atoms with Gasteiger partial charge in [0, 0.05) is 25.7 Å². The van der Waals surface area contributed by atoms with Gasteiger partial charge in [0.2, 0.25) is 5.89 Å². The second-order valence-electron chi connectivity index (χ2n) is 7.71. The minimum absolute atomic E-state index is 0.107. The predicted molar refractivity (Wildman–Crippen MR) is 114 cm³/mol. The molecule has 7 nitrogen and oxygen atoms in total.